The molecule has 2 bridgehead atoms. The summed E-state index contributed by atoms with van der Waals surface area (Å²) in [6.07, 6.45) is 6.10. The minimum absolute atomic E-state index is 0.0545. The number of benzene rings is 1. The van der Waals surface area contributed by atoms with Gasteiger partial charge in [0.25, 0.3) is 5.91 Å². The van der Waals surface area contributed by atoms with Gasteiger partial charge in [0.2, 0.25) is 10.0 Å². The molecular weight excluding hydrogens is 390 g/mol. The first-order chi connectivity index (χ1) is 14.0. The number of nitrogens with zero attached hydrogens (tertiary/aromatic N) is 2. The Morgan fingerprint density at radius 2 is 1.76 bits per heavy atom. The summed E-state index contributed by atoms with van der Waals surface area (Å²) < 4.78 is 33.5. The summed E-state index contributed by atoms with van der Waals surface area (Å²) in [6.45, 7) is 0. The third-order valence-electron chi connectivity index (χ3n) is 6.30. The average Bonchev–Trinajstić information content (AvgIpc) is 3.44. The Hall–Kier alpha value is -2.19. The highest BCUT2D eigenvalue weighted by Crippen LogP contribution is 2.40. The van der Waals surface area contributed by atoms with Gasteiger partial charge in [0.05, 0.1) is 4.90 Å². The summed E-state index contributed by atoms with van der Waals surface area (Å²) in [5.74, 6) is 0.966. The van der Waals surface area contributed by atoms with E-state index in [1.807, 2.05) is 6.07 Å². The molecule has 1 amide bonds. The van der Waals surface area contributed by atoms with Crippen molar-refractivity contribution in [1.29, 1.82) is 0 Å². The molecule has 2 aromatic rings. The number of hydrogen-bond acceptors (Lipinski definition) is 5. The molecule has 7 nitrogen and oxygen atoms in total. The summed E-state index contributed by atoms with van der Waals surface area (Å²) in [5.41, 5.74) is 0.316. The first-order valence-corrected chi connectivity index (χ1v) is 11.8. The van der Waals surface area contributed by atoms with Gasteiger partial charge in [-0.1, -0.05) is 29.8 Å². The van der Waals surface area contributed by atoms with E-state index in [9.17, 15) is 13.2 Å². The van der Waals surface area contributed by atoms with Gasteiger partial charge in [0, 0.05) is 30.1 Å². The Labute approximate surface area is 170 Å². The van der Waals surface area contributed by atoms with E-state index in [1.165, 1.54) is 0 Å². The summed E-state index contributed by atoms with van der Waals surface area (Å²) >= 11 is 0. The first kappa shape index (κ1) is 18.8. The molecule has 5 rings (SSSR count). The van der Waals surface area contributed by atoms with Crippen LogP contribution in [0.25, 0.3) is 0 Å². The average molecular weight is 416 g/mol. The summed E-state index contributed by atoms with van der Waals surface area (Å²) in [5, 5.41) is 6.98. The van der Waals surface area contributed by atoms with E-state index in [4.69, 9.17) is 4.52 Å². The summed E-state index contributed by atoms with van der Waals surface area (Å²) in [4.78, 5) is 13.0. The monoisotopic (exact) mass is 415 g/mol. The molecule has 29 heavy (non-hydrogen) atoms. The predicted molar refractivity (Wildman–Crippen MR) is 106 cm³/mol. The number of carbonyl (C=O) groups is 1. The van der Waals surface area contributed by atoms with E-state index in [1.54, 1.807) is 34.6 Å². The lowest BCUT2D eigenvalue weighted by molar-refractivity contribution is 0.0790. The quantitative estimate of drug-likeness (QED) is 0.810. The van der Waals surface area contributed by atoms with Crippen LogP contribution in [-0.2, 0) is 10.0 Å². The molecule has 1 saturated carbocycles. The number of amides is 1. The Morgan fingerprint density at radius 1 is 1.07 bits per heavy atom. The van der Waals surface area contributed by atoms with E-state index in [-0.39, 0.29) is 24.0 Å². The number of fused-ring (bicyclic) bond motifs is 2. The molecule has 2 saturated heterocycles. The van der Waals surface area contributed by atoms with E-state index in [0.29, 0.717) is 29.3 Å². The van der Waals surface area contributed by atoms with Crippen molar-refractivity contribution in [3.8, 4) is 0 Å². The molecule has 1 aliphatic carbocycles. The number of sulfonamides is 1. The first-order valence-electron chi connectivity index (χ1n) is 10.4. The lowest BCUT2D eigenvalue weighted by Crippen LogP contribution is -2.58. The van der Waals surface area contributed by atoms with Crippen LogP contribution < -0.4 is 5.32 Å². The third kappa shape index (κ3) is 3.59. The maximum Gasteiger partial charge on any atom is 0.273 e. The lowest BCUT2D eigenvalue weighted by Gasteiger charge is -2.47. The minimum Gasteiger partial charge on any atom is -0.360 e. The van der Waals surface area contributed by atoms with Crippen LogP contribution in [0, 0.1) is 0 Å². The van der Waals surface area contributed by atoms with Crippen molar-refractivity contribution >= 4 is 15.9 Å². The molecule has 3 heterocycles. The molecule has 2 atom stereocenters. The second-order valence-corrected chi connectivity index (χ2v) is 10.3. The van der Waals surface area contributed by atoms with E-state index >= 15 is 0 Å². The van der Waals surface area contributed by atoms with Crippen LogP contribution in [0.1, 0.15) is 67.1 Å². The fourth-order valence-corrected chi connectivity index (χ4v) is 6.69. The van der Waals surface area contributed by atoms with Crippen molar-refractivity contribution in [1.82, 2.24) is 14.8 Å². The summed E-state index contributed by atoms with van der Waals surface area (Å²) in [7, 11) is -3.53. The van der Waals surface area contributed by atoms with Gasteiger partial charge in [-0.25, -0.2) is 8.42 Å². The molecule has 8 heteroatoms. The Kier molecular flexibility index (Phi) is 4.70. The highest BCUT2D eigenvalue weighted by Gasteiger charge is 2.45. The van der Waals surface area contributed by atoms with Gasteiger partial charge in [0.15, 0.2) is 5.69 Å². The Balaban J connectivity index is 1.30. The van der Waals surface area contributed by atoms with Crippen LogP contribution >= 0.6 is 0 Å². The van der Waals surface area contributed by atoms with Gasteiger partial charge in [-0.3, -0.25) is 4.79 Å². The fraction of sp³-hybridized carbons (Fsp3) is 0.524. The lowest BCUT2D eigenvalue weighted by atomic mass is 9.84. The largest absolute Gasteiger partial charge is 0.360 e. The van der Waals surface area contributed by atoms with Crippen molar-refractivity contribution < 1.29 is 17.7 Å². The summed E-state index contributed by atoms with van der Waals surface area (Å²) in [6, 6.07) is 10.1. The van der Waals surface area contributed by atoms with Gasteiger partial charge < -0.3 is 9.84 Å². The molecule has 0 radical (unpaired) electrons. The molecule has 1 aromatic carbocycles. The van der Waals surface area contributed by atoms with Crippen LogP contribution in [0.2, 0.25) is 0 Å². The number of hydrogen-bond donors (Lipinski definition) is 1. The maximum atomic E-state index is 13.2. The molecule has 3 aliphatic rings. The van der Waals surface area contributed by atoms with Crippen LogP contribution in [0.5, 0.6) is 0 Å². The van der Waals surface area contributed by atoms with Crippen LogP contribution in [0.4, 0.5) is 0 Å². The van der Waals surface area contributed by atoms with Gasteiger partial charge in [-0.05, 0) is 50.7 Å². The maximum absolute atomic E-state index is 13.2. The van der Waals surface area contributed by atoms with Gasteiger partial charge in [-0.2, -0.15) is 4.31 Å². The second-order valence-electron chi connectivity index (χ2n) is 8.42. The number of nitrogens with one attached hydrogen (secondary N) is 1. The molecule has 2 unspecified atom stereocenters. The highest BCUT2D eigenvalue weighted by atomic mass is 32.2. The van der Waals surface area contributed by atoms with Crippen molar-refractivity contribution in [2.24, 2.45) is 0 Å². The van der Waals surface area contributed by atoms with Crippen molar-refractivity contribution in [2.75, 3.05) is 0 Å². The van der Waals surface area contributed by atoms with Crippen molar-refractivity contribution in [3.63, 3.8) is 0 Å². The Bertz CT molecular complexity index is 986. The predicted octanol–water partition coefficient (Wildman–Crippen LogP) is 3.06. The van der Waals surface area contributed by atoms with Crippen LogP contribution in [0.15, 0.2) is 45.8 Å². The number of rotatable bonds is 5. The molecule has 1 aromatic heterocycles. The second kappa shape index (κ2) is 7.25. The van der Waals surface area contributed by atoms with Gasteiger partial charge >= 0.3 is 0 Å². The topological polar surface area (TPSA) is 92.5 Å². The SMILES string of the molecule is O=C(NC1CC2CCCC(C1)N2S(=O)(=O)c1ccccc1)c1cc(C2CC2)on1. The molecule has 1 N–H and O–H groups in total. The molecule has 2 aliphatic heterocycles. The normalized spacial score (nSPS) is 27.5. The molecular formula is C21H25N3O4S. The van der Waals surface area contributed by atoms with Crippen LogP contribution in [0.3, 0.4) is 0 Å². The zero-order valence-corrected chi connectivity index (χ0v) is 17.0. The van der Waals surface area contributed by atoms with Gasteiger partial charge in [0.1, 0.15) is 5.76 Å². The highest BCUT2D eigenvalue weighted by molar-refractivity contribution is 7.89. The number of aromatic nitrogens is 1. The Morgan fingerprint density at radius 3 is 2.41 bits per heavy atom. The number of piperidine rings is 2. The van der Waals surface area contributed by atoms with Crippen molar-refractivity contribution in [2.45, 2.75) is 73.9 Å². The standard InChI is InChI=1S/C21H25N3O4S/c25-21(19-13-20(28-23-19)14-9-10-14)22-15-11-16-5-4-6-17(12-15)24(16)29(26,27)18-7-2-1-3-8-18/h1-3,7-8,13-17H,4-6,9-12H2,(H,22,25). The molecule has 3 fully saturated rings. The van der Waals surface area contributed by atoms with E-state index in [0.717, 1.165) is 37.9 Å². The third-order valence-corrected chi connectivity index (χ3v) is 8.32. The fourth-order valence-electron chi connectivity index (χ4n) is 4.78. The van der Waals surface area contributed by atoms with Crippen molar-refractivity contribution in [3.05, 3.63) is 47.9 Å². The van der Waals surface area contributed by atoms with E-state index in [2.05, 4.69) is 10.5 Å². The molecule has 154 valence electrons. The number of carbonyl (C=O) groups excluding carboxylic acids is 1. The van der Waals surface area contributed by atoms with Crippen LogP contribution in [-0.4, -0.2) is 41.9 Å². The zero-order valence-electron chi connectivity index (χ0n) is 16.2. The minimum atomic E-state index is -3.53. The zero-order chi connectivity index (χ0) is 20.0. The molecule has 0 spiro atoms. The van der Waals surface area contributed by atoms with E-state index < -0.39 is 10.0 Å². The van der Waals surface area contributed by atoms with Gasteiger partial charge in [-0.15, -0.1) is 0 Å². The smallest absolute Gasteiger partial charge is 0.273 e.